The second kappa shape index (κ2) is 7.29. The van der Waals surface area contributed by atoms with Gasteiger partial charge in [-0.2, -0.15) is 0 Å². The smallest absolute Gasteiger partial charge is 0.0811 e. The Balaban J connectivity index is 1.97. The van der Waals surface area contributed by atoms with Crippen LogP contribution in [0.2, 0.25) is 0 Å². The quantitative estimate of drug-likeness (QED) is 0.766. The summed E-state index contributed by atoms with van der Waals surface area (Å²) < 4.78 is 0. The number of aliphatic hydroxyl groups is 2. The Morgan fingerprint density at radius 1 is 1.50 bits per heavy atom. The van der Waals surface area contributed by atoms with E-state index in [0.717, 1.165) is 44.3 Å². The van der Waals surface area contributed by atoms with E-state index in [2.05, 4.69) is 24.0 Å². The summed E-state index contributed by atoms with van der Waals surface area (Å²) in [5.74, 6) is 0.448. The number of rotatable bonds is 5. The molecule has 2 saturated heterocycles. The summed E-state index contributed by atoms with van der Waals surface area (Å²) >= 11 is 0. The van der Waals surface area contributed by atoms with Crippen LogP contribution in [-0.2, 0) is 0 Å². The van der Waals surface area contributed by atoms with Gasteiger partial charge in [-0.3, -0.25) is 4.90 Å². The highest BCUT2D eigenvalue weighted by atomic mass is 16.3. The van der Waals surface area contributed by atoms with Crippen LogP contribution in [0.25, 0.3) is 0 Å². The molecule has 2 N–H and O–H groups in total. The van der Waals surface area contributed by atoms with E-state index < -0.39 is 5.60 Å². The summed E-state index contributed by atoms with van der Waals surface area (Å²) in [6, 6.07) is 0.349. The van der Waals surface area contributed by atoms with Crippen molar-refractivity contribution in [3.8, 4) is 0 Å². The maximum absolute atomic E-state index is 10.7. The Bertz CT molecular complexity index is 439. The first-order chi connectivity index (χ1) is 10.3. The Morgan fingerprint density at radius 2 is 2.23 bits per heavy atom. The molecule has 0 saturated carbocycles. The highest BCUT2D eigenvalue weighted by molar-refractivity contribution is 5.18. The zero-order valence-electron chi connectivity index (χ0n) is 14.7. The number of allylic oxidation sites excluding steroid dienone is 2. The minimum absolute atomic E-state index is 0.305. The Kier molecular flexibility index (Phi) is 5.87. The van der Waals surface area contributed by atoms with E-state index in [1.165, 1.54) is 12.0 Å². The third-order valence-corrected chi connectivity index (χ3v) is 5.32. The maximum atomic E-state index is 10.7. The van der Waals surface area contributed by atoms with Gasteiger partial charge in [0.05, 0.1) is 11.7 Å². The van der Waals surface area contributed by atoms with Crippen molar-refractivity contribution in [3.05, 3.63) is 23.3 Å². The molecular weight excluding hydrogens is 274 g/mol. The maximum Gasteiger partial charge on any atom is 0.0811 e. The first kappa shape index (κ1) is 17.7. The molecular formula is C19H33NO2. The van der Waals surface area contributed by atoms with Gasteiger partial charge >= 0.3 is 0 Å². The third-order valence-electron chi connectivity index (χ3n) is 5.32. The van der Waals surface area contributed by atoms with Crippen molar-refractivity contribution in [2.24, 2.45) is 5.92 Å². The highest BCUT2D eigenvalue weighted by Crippen LogP contribution is 2.37. The number of fused-ring (bicyclic) bond motifs is 1. The second-order valence-corrected chi connectivity index (χ2v) is 7.57. The molecule has 3 nitrogen and oxygen atoms in total. The van der Waals surface area contributed by atoms with Gasteiger partial charge in [-0.25, -0.2) is 0 Å². The fourth-order valence-electron chi connectivity index (χ4n) is 4.03. The summed E-state index contributed by atoms with van der Waals surface area (Å²) in [7, 11) is 0. The molecule has 126 valence electrons. The van der Waals surface area contributed by atoms with Crippen LogP contribution < -0.4 is 0 Å². The SMILES string of the molecule is CC[C@H](O)/C(C)=C/C[C@@H](C)/C=C1\CN2CCC[C@H]2[C@@](C)(O)C1. The van der Waals surface area contributed by atoms with Crippen molar-refractivity contribution in [3.63, 3.8) is 0 Å². The number of hydrogen-bond acceptors (Lipinski definition) is 3. The molecule has 22 heavy (non-hydrogen) atoms. The minimum Gasteiger partial charge on any atom is -0.389 e. The lowest BCUT2D eigenvalue weighted by atomic mass is 9.82. The summed E-state index contributed by atoms with van der Waals surface area (Å²) in [6.07, 6.45) is 9.07. The van der Waals surface area contributed by atoms with E-state index in [1.54, 1.807) is 0 Å². The fourth-order valence-corrected chi connectivity index (χ4v) is 4.03. The summed E-state index contributed by atoms with van der Waals surface area (Å²) in [6.45, 7) is 10.4. The molecule has 2 heterocycles. The minimum atomic E-state index is -0.579. The molecule has 2 rings (SSSR count). The van der Waals surface area contributed by atoms with Gasteiger partial charge in [-0.15, -0.1) is 0 Å². The van der Waals surface area contributed by atoms with Crippen LogP contribution in [0.3, 0.4) is 0 Å². The Hall–Kier alpha value is -0.640. The average molecular weight is 307 g/mol. The topological polar surface area (TPSA) is 43.7 Å². The second-order valence-electron chi connectivity index (χ2n) is 7.57. The molecule has 0 aromatic heterocycles. The molecule has 2 fully saturated rings. The van der Waals surface area contributed by atoms with Gasteiger partial charge in [0.25, 0.3) is 0 Å². The van der Waals surface area contributed by atoms with Gasteiger partial charge in [-0.05, 0) is 64.0 Å². The van der Waals surface area contributed by atoms with Gasteiger partial charge in [0.15, 0.2) is 0 Å². The molecule has 0 unspecified atom stereocenters. The van der Waals surface area contributed by atoms with Crippen LogP contribution in [0.4, 0.5) is 0 Å². The molecule has 0 aromatic carbocycles. The van der Waals surface area contributed by atoms with Crippen LogP contribution >= 0.6 is 0 Å². The van der Waals surface area contributed by atoms with Crippen molar-refractivity contribution in [1.29, 1.82) is 0 Å². The van der Waals surface area contributed by atoms with Crippen LogP contribution in [0, 0.1) is 5.92 Å². The Morgan fingerprint density at radius 3 is 2.91 bits per heavy atom. The van der Waals surface area contributed by atoms with E-state index in [9.17, 15) is 10.2 Å². The number of nitrogens with zero attached hydrogens (tertiary/aromatic N) is 1. The molecule has 4 atom stereocenters. The summed E-state index contributed by atoms with van der Waals surface area (Å²) in [5.41, 5.74) is 1.87. The lowest BCUT2D eigenvalue weighted by molar-refractivity contribution is -0.0330. The van der Waals surface area contributed by atoms with Gasteiger partial charge in [0, 0.05) is 12.6 Å². The Labute approximate surface area is 135 Å². The van der Waals surface area contributed by atoms with Crippen LogP contribution in [0.5, 0.6) is 0 Å². The number of piperidine rings is 1. The van der Waals surface area contributed by atoms with Gasteiger partial charge in [-0.1, -0.05) is 31.6 Å². The summed E-state index contributed by atoms with van der Waals surface area (Å²) in [5, 5.41) is 20.5. The van der Waals surface area contributed by atoms with E-state index >= 15 is 0 Å². The van der Waals surface area contributed by atoms with Crippen LogP contribution in [0.15, 0.2) is 23.3 Å². The van der Waals surface area contributed by atoms with Crippen molar-refractivity contribution >= 4 is 0 Å². The average Bonchev–Trinajstić information content (AvgIpc) is 2.92. The molecule has 2 aliphatic rings. The molecule has 0 aliphatic carbocycles. The van der Waals surface area contributed by atoms with Crippen molar-refractivity contribution in [1.82, 2.24) is 4.90 Å². The normalized spacial score (nSPS) is 34.7. The van der Waals surface area contributed by atoms with E-state index in [1.807, 2.05) is 20.8 Å². The first-order valence-electron chi connectivity index (χ1n) is 8.84. The van der Waals surface area contributed by atoms with Gasteiger partial charge in [0.2, 0.25) is 0 Å². The molecule has 0 amide bonds. The predicted octanol–water partition coefficient (Wildman–Crippen LogP) is 3.28. The zero-order valence-corrected chi connectivity index (χ0v) is 14.7. The first-order valence-corrected chi connectivity index (χ1v) is 8.84. The molecule has 3 heteroatoms. The van der Waals surface area contributed by atoms with Gasteiger partial charge in [0.1, 0.15) is 0 Å². The van der Waals surface area contributed by atoms with Crippen molar-refractivity contribution in [2.75, 3.05) is 13.1 Å². The molecule has 0 aromatic rings. The monoisotopic (exact) mass is 307 g/mol. The zero-order chi connectivity index (χ0) is 16.3. The van der Waals surface area contributed by atoms with Crippen molar-refractivity contribution < 1.29 is 10.2 Å². The van der Waals surface area contributed by atoms with E-state index in [-0.39, 0.29) is 6.10 Å². The molecule has 2 aliphatic heterocycles. The predicted molar refractivity (Wildman–Crippen MR) is 91.8 cm³/mol. The van der Waals surface area contributed by atoms with Crippen LogP contribution in [0.1, 0.15) is 59.8 Å². The third kappa shape index (κ3) is 4.21. The largest absolute Gasteiger partial charge is 0.389 e. The molecule has 0 bridgehead atoms. The molecule has 0 spiro atoms. The van der Waals surface area contributed by atoms with E-state index in [0.29, 0.717) is 12.0 Å². The number of aliphatic hydroxyl groups excluding tert-OH is 1. The standard InChI is InChI=1S/C19H33NO2/c1-5-17(21)15(3)9-8-14(2)11-16-12-19(4,22)18-7-6-10-20(18)13-16/h9,11,14,17-18,21-22H,5-8,10,12-13H2,1-4H3/b15-9+,16-11-/t14-,17+,18+,19+/m1/s1. The lowest BCUT2D eigenvalue weighted by Crippen LogP contribution is -2.52. The van der Waals surface area contributed by atoms with Crippen LogP contribution in [-0.4, -0.2) is 45.9 Å². The molecule has 0 radical (unpaired) electrons. The van der Waals surface area contributed by atoms with Crippen molar-refractivity contribution in [2.45, 2.75) is 77.5 Å². The van der Waals surface area contributed by atoms with Gasteiger partial charge < -0.3 is 10.2 Å². The number of hydrogen-bond donors (Lipinski definition) is 2. The summed E-state index contributed by atoms with van der Waals surface area (Å²) in [4.78, 5) is 2.45. The lowest BCUT2D eigenvalue weighted by Gasteiger charge is -2.43. The highest BCUT2D eigenvalue weighted by Gasteiger charge is 2.43. The fraction of sp³-hybridized carbons (Fsp3) is 0.789. The van der Waals surface area contributed by atoms with E-state index in [4.69, 9.17) is 0 Å².